The maximum Gasteiger partial charge on any atom is 0.225 e. The van der Waals surface area contributed by atoms with Crippen molar-refractivity contribution in [3.8, 4) is 0 Å². The van der Waals surface area contributed by atoms with Gasteiger partial charge in [0, 0.05) is 23.2 Å². The molecule has 1 aliphatic heterocycles. The van der Waals surface area contributed by atoms with E-state index in [1.165, 1.54) is 5.56 Å². The van der Waals surface area contributed by atoms with Gasteiger partial charge < -0.3 is 11.1 Å². The molecule has 3 rings (SSSR count). The van der Waals surface area contributed by atoms with E-state index in [-0.39, 0.29) is 11.3 Å². The second kappa shape index (κ2) is 2.29. The third kappa shape index (κ3) is 0.953. The van der Waals surface area contributed by atoms with Gasteiger partial charge in [-0.2, -0.15) is 0 Å². The highest BCUT2D eigenvalue weighted by Gasteiger charge is 2.49. The molecule has 1 aromatic carbocycles. The molecule has 1 spiro atoms. The third-order valence-corrected chi connectivity index (χ3v) is 3.24. The third-order valence-electron chi connectivity index (χ3n) is 3.24. The Hall–Kier alpha value is -1.51. The van der Waals surface area contributed by atoms with Crippen molar-refractivity contribution in [1.82, 2.24) is 0 Å². The largest absolute Gasteiger partial charge is 0.399 e. The van der Waals surface area contributed by atoms with Crippen molar-refractivity contribution in [2.75, 3.05) is 11.1 Å². The van der Waals surface area contributed by atoms with Gasteiger partial charge in [0.2, 0.25) is 5.91 Å². The number of nitrogen functional groups attached to an aromatic ring is 1. The van der Waals surface area contributed by atoms with E-state index in [0.717, 1.165) is 18.5 Å². The lowest BCUT2D eigenvalue weighted by Gasteiger charge is -2.25. The molecule has 0 unspecified atom stereocenters. The number of carbonyl (C=O) groups excluding carboxylic acids is 1. The van der Waals surface area contributed by atoms with Gasteiger partial charge in [0.05, 0.1) is 0 Å². The second-order valence-corrected chi connectivity index (χ2v) is 4.31. The molecule has 0 aromatic heterocycles. The van der Waals surface area contributed by atoms with Gasteiger partial charge in [-0.25, -0.2) is 0 Å². The minimum absolute atomic E-state index is 0.126. The van der Waals surface area contributed by atoms with E-state index in [1.54, 1.807) is 0 Å². The van der Waals surface area contributed by atoms with Gasteiger partial charge in [0.25, 0.3) is 0 Å². The van der Waals surface area contributed by atoms with Crippen molar-refractivity contribution >= 4 is 17.3 Å². The van der Waals surface area contributed by atoms with Crippen LogP contribution in [0, 0.1) is 0 Å². The van der Waals surface area contributed by atoms with E-state index < -0.39 is 0 Å². The first-order valence-electron chi connectivity index (χ1n) is 4.90. The average molecular weight is 188 g/mol. The molecule has 1 heterocycles. The van der Waals surface area contributed by atoms with E-state index in [9.17, 15) is 4.79 Å². The molecule has 1 saturated carbocycles. The molecule has 3 heteroatoms. The van der Waals surface area contributed by atoms with Gasteiger partial charge in [-0.1, -0.05) is 6.07 Å². The minimum atomic E-state index is 0.126. The summed E-state index contributed by atoms with van der Waals surface area (Å²) in [4.78, 5) is 11.4. The molecule has 3 nitrogen and oxygen atoms in total. The SMILES string of the molecule is Nc1ccc2c(c1)NC(=O)CC21CC1. The van der Waals surface area contributed by atoms with Crippen LogP contribution in [0.15, 0.2) is 18.2 Å². The topological polar surface area (TPSA) is 55.1 Å². The van der Waals surface area contributed by atoms with E-state index in [2.05, 4.69) is 11.4 Å². The number of nitrogens with two attached hydrogens (primary N) is 1. The van der Waals surface area contributed by atoms with Gasteiger partial charge in [-0.15, -0.1) is 0 Å². The number of benzene rings is 1. The average Bonchev–Trinajstić information content (AvgIpc) is 2.84. The Bertz CT molecular complexity index is 421. The lowest BCUT2D eigenvalue weighted by molar-refractivity contribution is -0.117. The molecule has 1 fully saturated rings. The van der Waals surface area contributed by atoms with Crippen LogP contribution in [0.4, 0.5) is 11.4 Å². The molecule has 0 saturated heterocycles. The maximum atomic E-state index is 11.4. The molecule has 0 radical (unpaired) electrons. The summed E-state index contributed by atoms with van der Waals surface area (Å²) < 4.78 is 0. The minimum Gasteiger partial charge on any atom is -0.399 e. The number of rotatable bonds is 0. The number of carbonyl (C=O) groups is 1. The van der Waals surface area contributed by atoms with Crippen molar-refractivity contribution in [2.24, 2.45) is 0 Å². The highest BCUT2D eigenvalue weighted by Crippen LogP contribution is 2.55. The summed E-state index contributed by atoms with van der Waals surface area (Å²) in [5.41, 5.74) is 8.74. The molecule has 1 aliphatic carbocycles. The second-order valence-electron chi connectivity index (χ2n) is 4.31. The highest BCUT2D eigenvalue weighted by molar-refractivity contribution is 5.96. The summed E-state index contributed by atoms with van der Waals surface area (Å²) in [7, 11) is 0. The summed E-state index contributed by atoms with van der Waals surface area (Å²) in [6.07, 6.45) is 2.92. The van der Waals surface area contributed by atoms with Crippen LogP contribution in [0.1, 0.15) is 24.8 Å². The lowest BCUT2D eigenvalue weighted by atomic mass is 9.87. The van der Waals surface area contributed by atoms with Gasteiger partial charge in [-0.3, -0.25) is 4.79 Å². The summed E-state index contributed by atoms with van der Waals surface area (Å²) in [5, 5.41) is 2.88. The maximum absolute atomic E-state index is 11.4. The number of amides is 1. The number of fused-ring (bicyclic) bond motifs is 2. The number of hydrogen-bond acceptors (Lipinski definition) is 2. The zero-order valence-corrected chi connectivity index (χ0v) is 7.84. The lowest BCUT2D eigenvalue weighted by Crippen LogP contribution is -2.27. The Labute approximate surface area is 82.3 Å². The van der Waals surface area contributed by atoms with Crippen molar-refractivity contribution in [1.29, 1.82) is 0 Å². The standard InChI is InChI=1S/C11H12N2O/c12-7-1-2-8-9(5-7)13-10(14)6-11(8)3-4-11/h1-2,5H,3-4,6,12H2,(H,13,14). The fourth-order valence-electron chi connectivity index (χ4n) is 2.32. The van der Waals surface area contributed by atoms with Gasteiger partial charge in [0.1, 0.15) is 0 Å². The van der Waals surface area contributed by atoms with E-state index in [4.69, 9.17) is 5.73 Å². The molecule has 3 N–H and O–H groups in total. The summed E-state index contributed by atoms with van der Waals surface area (Å²) >= 11 is 0. The molecule has 0 atom stereocenters. The number of anilines is 2. The van der Waals surface area contributed by atoms with Crippen LogP contribution in [-0.2, 0) is 10.2 Å². The van der Waals surface area contributed by atoms with Crippen molar-refractivity contribution in [3.63, 3.8) is 0 Å². The first kappa shape index (κ1) is 7.85. The Morgan fingerprint density at radius 3 is 2.86 bits per heavy atom. The van der Waals surface area contributed by atoms with Gasteiger partial charge >= 0.3 is 0 Å². The van der Waals surface area contributed by atoms with Crippen LogP contribution in [-0.4, -0.2) is 5.91 Å². The van der Waals surface area contributed by atoms with Crippen LogP contribution in [0.5, 0.6) is 0 Å². The fourth-order valence-corrected chi connectivity index (χ4v) is 2.32. The predicted molar refractivity (Wildman–Crippen MR) is 55.0 cm³/mol. The monoisotopic (exact) mass is 188 g/mol. The first-order valence-corrected chi connectivity index (χ1v) is 4.90. The Morgan fingerprint density at radius 1 is 1.36 bits per heavy atom. The molecule has 14 heavy (non-hydrogen) atoms. The van der Waals surface area contributed by atoms with E-state index >= 15 is 0 Å². The molecule has 0 bridgehead atoms. The smallest absolute Gasteiger partial charge is 0.225 e. The molecular formula is C11H12N2O. The Morgan fingerprint density at radius 2 is 2.14 bits per heavy atom. The molecule has 1 amide bonds. The highest BCUT2D eigenvalue weighted by atomic mass is 16.1. The number of hydrogen-bond donors (Lipinski definition) is 2. The summed E-state index contributed by atoms with van der Waals surface area (Å²) in [6.45, 7) is 0. The Balaban J connectivity index is 2.17. The molecule has 1 aromatic rings. The molecule has 72 valence electrons. The van der Waals surface area contributed by atoms with Crippen LogP contribution >= 0.6 is 0 Å². The van der Waals surface area contributed by atoms with Crippen molar-refractivity contribution < 1.29 is 4.79 Å². The van der Waals surface area contributed by atoms with E-state index in [0.29, 0.717) is 12.1 Å². The Kier molecular flexibility index (Phi) is 1.29. The summed E-state index contributed by atoms with van der Waals surface area (Å²) in [6, 6.07) is 5.82. The molecule has 2 aliphatic rings. The van der Waals surface area contributed by atoms with Crippen LogP contribution in [0.2, 0.25) is 0 Å². The van der Waals surface area contributed by atoms with E-state index in [1.807, 2.05) is 12.1 Å². The number of nitrogens with one attached hydrogen (secondary N) is 1. The zero-order valence-electron chi connectivity index (χ0n) is 7.84. The predicted octanol–water partition coefficient (Wildman–Crippen LogP) is 1.64. The normalized spacial score (nSPS) is 21.6. The van der Waals surface area contributed by atoms with Crippen molar-refractivity contribution in [2.45, 2.75) is 24.7 Å². The summed E-state index contributed by atoms with van der Waals surface area (Å²) in [5.74, 6) is 0.126. The van der Waals surface area contributed by atoms with Crippen LogP contribution in [0.25, 0.3) is 0 Å². The van der Waals surface area contributed by atoms with Crippen LogP contribution in [0.3, 0.4) is 0 Å². The van der Waals surface area contributed by atoms with Crippen LogP contribution < -0.4 is 11.1 Å². The quantitative estimate of drug-likeness (QED) is 0.608. The fraction of sp³-hybridized carbons (Fsp3) is 0.364. The van der Waals surface area contributed by atoms with Gasteiger partial charge in [-0.05, 0) is 30.5 Å². The molecular weight excluding hydrogens is 176 g/mol. The first-order chi connectivity index (χ1) is 6.70. The zero-order chi connectivity index (χ0) is 9.76. The van der Waals surface area contributed by atoms with Crippen molar-refractivity contribution in [3.05, 3.63) is 23.8 Å². The van der Waals surface area contributed by atoms with Gasteiger partial charge in [0.15, 0.2) is 0 Å².